The van der Waals surface area contributed by atoms with E-state index in [4.69, 9.17) is 9.47 Å². The summed E-state index contributed by atoms with van der Waals surface area (Å²) in [7, 11) is 3.19. The molecule has 0 heterocycles. The fourth-order valence-corrected chi connectivity index (χ4v) is 4.46. The Bertz CT molecular complexity index is 1180. The van der Waals surface area contributed by atoms with Gasteiger partial charge in [0.25, 0.3) is 0 Å². The lowest BCUT2D eigenvalue weighted by Crippen LogP contribution is -2.51. The van der Waals surface area contributed by atoms with Crippen molar-refractivity contribution in [1.82, 2.24) is 10.2 Å². The molecule has 1 N–H and O–H groups in total. The molecule has 0 aromatic heterocycles. The first kappa shape index (κ1) is 29.2. The third-order valence-electron chi connectivity index (χ3n) is 6.30. The summed E-state index contributed by atoms with van der Waals surface area (Å²) in [6.45, 7) is 5.00. The lowest BCUT2D eigenvalue weighted by atomic mass is 10.0. The van der Waals surface area contributed by atoms with E-state index in [-0.39, 0.29) is 18.2 Å². The highest BCUT2D eigenvalue weighted by Crippen LogP contribution is 2.28. The number of hydrogen-bond donors (Lipinski definition) is 1. The third kappa shape index (κ3) is 8.62. The number of nitrogens with one attached hydrogen (secondary N) is 1. The fraction of sp³-hybridized carbons (Fsp3) is 0.355. The van der Waals surface area contributed by atoms with Crippen molar-refractivity contribution >= 4 is 27.7 Å². The zero-order valence-corrected chi connectivity index (χ0v) is 24.2. The first-order valence-electron chi connectivity index (χ1n) is 12.9. The minimum Gasteiger partial charge on any atom is -0.493 e. The van der Waals surface area contributed by atoms with Gasteiger partial charge in [0, 0.05) is 30.4 Å². The molecule has 0 aliphatic carbocycles. The van der Waals surface area contributed by atoms with Gasteiger partial charge >= 0.3 is 0 Å². The molecular weight excluding hydrogens is 544 g/mol. The van der Waals surface area contributed by atoms with Crippen LogP contribution in [0.15, 0.2) is 77.3 Å². The summed E-state index contributed by atoms with van der Waals surface area (Å²) in [5, 5.41) is 3.06. The minimum atomic E-state index is -0.641. The first-order valence-corrected chi connectivity index (χ1v) is 13.7. The summed E-state index contributed by atoms with van der Waals surface area (Å²) in [5.74, 6) is 1.35. The molecule has 38 heavy (non-hydrogen) atoms. The molecule has 0 spiro atoms. The second kappa shape index (κ2) is 14.6. The van der Waals surface area contributed by atoms with Crippen LogP contribution in [-0.2, 0) is 29.0 Å². The van der Waals surface area contributed by atoms with Gasteiger partial charge in [0.1, 0.15) is 6.04 Å². The van der Waals surface area contributed by atoms with Crippen LogP contribution in [0.4, 0.5) is 0 Å². The Morgan fingerprint density at radius 1 is 0.868 bits per heavy atom. The molecule has 0 aliphatic heterocycles. The van der Waals surface area contributed by atoms with Gasteiger partial charge < -0.3 is 19.7 Å². The Balaban J connectivity index is 1.89. The molecule has 0 bridgehead atoms. The maximum Gasteiger partial charge on any atom is 0.243 e. The number of rotatable bonds is 13. The van der Waals surface area contributed by atoms with Gasteiger partial charge in [-0.25, -0.2) is 0 Å². The number of carbonyl (C=O) groups is 2. The Morgan fingerprint density at radius 3 is 2.16 bits per heavy atom. The molecule has 7 heteroatoms. The van der Waals surface area contributed by atoms with Gasteiger partial charge in [-0.15, -0.1) is 0 Å². The van der Waals surface area contributed by atoms with Crippen molar-refractivity contribution in [2.75, 3.05) is 20.8 Å². The quantitative estimate of drug-likeness (QED) is 0.277. The van der Waals surface area contributed by atoms with Gasteiger partial charge in [0.2, 0.25) is 11.8 Å². The predicted molar refractivity (Wildman–Crippen MR) is 154 cm³/mol. The summed E-state index contributed by atoms with van der Waals surface area (Å²) < 4.78 is 11.7. The van der Waals surface area contributed by atoms with Crippen LogP contribution in [-0.4, -0.2) is 43.5 Å². The van der Waals surface area contributed by atoms with Gasteiger partial charge in [-0.1, -0.05) is 78.3 Å². The Hall–Kier alpha value is -3.32. The van der Waals surface area contributed by atoms with Crippen molar-refractivity contribution in [2.45, 2.75) is 45.7 Å². The minimum absolute atomic E-state index is 0.0802. The standard InChI is InChI=1S/C31H37BrN2O4/c1-22(2)20-33-31(36)27(18-23-8-6-5-7-9-23)34(21-25-10-14-26(32)15-11-25)30(35)17-13-24-12-16-28(37-3)29(19-24)38-4/h5-12,14-16,19,22,27H,13,17-18,20-21H2,1-4H3,(H,33,36)/t27-/m1/s1. The number of methoxy groups -OCH3 is 2. The molecule has 2 amide bonds. The van der Waals surface area contributed by atoms with E-state index in [1.165, 1.54) is 0 Å². The van der Waals surface area contributed by atoms with Crippen LogP contribution in [0.3, 0.4) is 0 Å². The van der Waals surface area contributed by atoms with Crippen LogP contribution < -0.4 is 14.8 Å². The molecule has 0 aliphatic rings. The molecule has 3 aromatic rings. The summed E-state index contributed by atoms with van der Waals surface area (Å²) in [4.78, 5) is 29.1. The Kier molecular flexibility index (Phi) is 11.2. The average Bonchev–Trinajstić information content (AvgIpc) is 2.93. The van der Waals surface area contributed by atoms with E-state index in [2.05, 4.69) is 35.1 Å². The molecule has 1 atom stereocenters. The molecular formula is C31H37BrN2O4. The number of ether oxygens (including phenoxy) is 2. The van der Waals surface area contributed by atoms with E-state index < -0.39 is 6.04 Å². The zero-order valence-electron chi connectivity index (χ0n) is 22.6. The summed E-state index contributed by atoms with van der Waals surface area (Å²) in [6, 6.07) is 22.7. The molecule has 0 saturated carbocycles. The van der Waals surface area contributed by atoms with Gasteiger partial charge in [0.15, 0.2) is 11.5 Å². The fourth-order valence-electron chi connectivity index (χ4n) is 4.19. The molecule has 0 radical (unpaired) electrons. The van der Waals surface area contributed by atoms with Crippen molar-refractivity contribution in [1.29, 1.82) is 0 Å². The van der Waals surface area contributed by atoms with E-state index in [0.717, 1.165) is 21.2 Å². The SMILES string of the molecule is COc1ccc(CCC(=O)N(Cc2ccc(Br)cc2)[C@H](Cc2ccccc2)C(=O)NCC(C)C)cc1OC. The highest BCUT2D eigenvalue weighted by atomic mass is 79.9. The lowest BCUT2D eigenvalue weighted by Gasteiger charge is -2.32. The Labute approximate surface area is 234 Å². The van der Waals surface area contributed by atoms with E-state index in [0.29, 0.717) is 43.3 Å². The summed E-state index contributed by atoms with van der Waals surface area (Å²) >= 11 is 3.48. The number of nitrogens with zero attached hydrogens (tertiary/aromatic N) is 1. The van der Waals surface area contributed by atoms with Crippen molar-refractivity contribution in [3.8, 4) is 11.5 Å². The summed E-state index contributed by atoms with van der Waals surface area (Å²) in [6.07, 6.45) is 1.21. The van der Waals surface area contributed by atoms with Crippen LogP contribution in [0.2, 0.25) is 0 Å². The van der Waals surface area contributed by atoms with E-state index in [9.17, 15) is 9.59 Å². The van der Waals surface area contributed by atoms with Crippen LogP contribution in [0.25, 0.3) is 0 Å². The molecule has 202 valence electrons. The van der Waals surface area contributed by atoms with Crippen molar-refractivity contribution in [2.24, 2.45) is 5.92 Å². The van der Waals surface area contributed by atoms with Crippen LogP contribution in [0, 0.1) is 5.92 Å². The monoisotopic (exact) mass is 580 g/mol. The molecule has 0 fully saturated rings. The van der Waals surface area contributed by atoms with Gasteiger partial charge in [-0.3, -0.25) is 9.59 Å². The molecule has 3 rings (SSSR count). The topological polar surface area (TPSA) is 67.9 Å². The largest absolute Gasteiger partial charge is 0.493 e. The van der Waals surface area contributed by atoms with E-state index >= 15 is 0 Å². The predicted octanol–water partition coefficient (Wildman–Crippen LogP) is 5.81. The second-order valence-corrected chi connectivity index (χ2v) is 10.6. The van der Waals surface area contributed by atoms with Crippen molar-refractivity contribution < 1.29 is 19.1 Å². The van der Waals surface area contributed by atoms with E-state index in [1.54, 1.807) is 19.1 Å². The third-order valence-corrected chi connectivity index (χ3v) is 6.83. The van der Waals surface area contributed by atoms with E-state index in [1.807, 2.05) is 72.8 Å². The lowest BCUT2D eigenvalue weighted by molar-refractivity contribution is -0.141. The van der Waals surface area contributed by atoms with Crippen molar-refractivity contribution in [3.63, 3.8) is 0 Å². The number of hydrogen-bond acceptors (Lipinski definition) is 4. The Morgan fingerprint density at radius 2 is 1.53 bits per heavy atom. The highest BCUT2D eigenvalue weighted by molar-refractivity contribution is 9.10. The van der Waals surface area contributed by atoms with Gasteiger partial charge in [0.05, 0.1) is 14.2 Å². The molecule has 6 nitrogen and oxygen atoms in total. The van der Waals surface area contributed by atoms with Gasteiger partial charge in [-0.05, 0) is 53.3 Å². The normalized spacial score (nSPS) is 11.6. The van der Waals surface area contributed by atoms with Gasteiger partial charge in [-0.2, -0.15) is 0 Å². The smallest absolute Gasteiger partial charge is 0.243 e. The molecule has 0 saturated heterocycles. The zero-order chi connectivity index (χ0) is 27.5. The highest BCUT2D eigenvalue weighted by Gasteiger charge is 2.30. The maximum absolute atomic E-state index is 13.8. The molecule has 3 aromatic carbocycles. The number of amides is 2. The number of benzene rings is 3. The number of carbonyl (C=O) groups excluding carboxylic acids is 2. The summed E-state index contributed by atoms with van der Waals surface area (Å²) in [5.41, 5.74) is 2.93. The average molecular weight is 582 g/mol. The second-order valence-electron chi connectivity index (χ2n) is 9.68. The van der Waals surface area contributed by atoms with Crippen LogP contribution >= 0.6 is 15.9 Å². The van der Waals surface area contributed by atoms with Crippen LogP contribution in [0.1, 0.15) is 37.0 Å². The number of aryl methyl sites for hydroxylation is 1. The van der Waals surface area contributed by atoms with Crippen LogP contribution in [0.5, 0.6) is 11.5 Å². The van der Waals surface area contributed by atoms with Crippen molar-refractivity contribution in [3.05, 3.63) is 94.0 Å². The number of halogens is 1. The first-order chi connectivity index (χ1) is 18.3. The maximum atomic E-state index is 13.8. The molecule has 0 unspecified atom stereocenters.